The van der Waals surface area contributed by atoms with Crippen molar-refractivity contribution in [3.05, 3.63) is 22.6 Å². The second-order valence-electron chi connectivity index (χ2n) is 2.24. The summed E-state index contributed by atoms with van der Waals surface area (Å²) in [5.74, 6) is 0. The third kappa shape index (κ3) is 4.51. The lowest BCUT2D eigenvalue weighted by Crippen LogP contribution is -2.01. The first kappa shape index (κ1) is 11.1. The molecule has 1 atom stereocenters. The van der Waals surface area contributed by atoms with Crippen LogP contribution in [-0.2, 0) is 11.2 Å². The smallest absolute Gasteiger partial charge is 0.143 e. The predicted molar refractivity (Wildman–Crippen MR) is 52.1 cm³/mol. The molecule has 0 aromatic heterocycles. The van der Waals surface area contributed by atoms with Crippen LogP contribution in [0.4, 0.5) is 0 Å². The van der Waals surface area contributed by atoms with E-state index in [0.29, 0.717) is 5.03 Å². The molecule has 1 unspecified atom stereocenters. The normalized spacial score (nSPS) is 15.6. The molecular formula is C8H13ClOS. The van der Waals surface area contributed by atoms with Crippen molar-refractivity contribution in [2.75, 3.05) is 6.26 Å². The highest BCUT2D eigenvalue weighted by Gasteiger charge is 2.10. The maximum atomic E-state index is 11.0. The number of hydrogen-bond donors (Lipinski definition) is 0. The second kappa shape index (κ2) is 5.70. The number of halogens is 1. The molecule has 0 spiro atoms. The predicted octanol–water partition coefficient (Wildman–Crippen LogP) is 2.80. The van der Waals surface area contributed by atoms with Crippen molar-refractivity contribution in [1.29, 1.82) is 0 Å². The summed E-state index contributed by atoms with van der Waals surface area (Å²) in [6.07, 6.45) is 5.03. The summed E-state index contributed by atoms with van der Waals surface area (Å²) in [7, 11) is 0. The number of hydrogen-bond acceptors (Lipinski definition) is 1. The molecule has 0 bridgehead atoms. The van der Waals surface area contributed by atoms with Crippen molar-refractivity contribution in [3.63, 3.8) is 0 Å². The van der Waals surface area contributed by atoms with Gasteiger partial charge in [-0.3, -0.25) is 0 Å². The van der Waals surface area contributed by atoms with Crippen LogP contribution in [0.15, 0.2) is 22.6 Å². The van der Waals surface area contributed by atoms with E-state index in [1.54, 1.807) is 19.3 Å². The van der Waals surface area contributed by atoms with Gasteiger partial charge in [-0.1, -0.05) is 17.7 Å². The maximum Gasteiger partial charge on any atom is 0.143 e. The van der Waals surface area contributed by atoms with Gasteiger partial charge in [-0.2, -0.15) is 0 Å². The van der Waals surface area contributed by atoms with E-state index in [9.17, 15) is 4.55 Å². The molecule has 0 aromatic carbocycles. The van der Waals surface area contributed by atoms with Crippen molar-refractivity contribution >= 4 is 22.8 Å². The van der Waals surface area contributed by atoms with Gasteiger partial charge >= 0.3 is 0 Å². The number of rotatable bonds is 4. The molecule has 0 aliphatic heterocycles. The van der Waals surface area contributed by atoms with Crippen LogP contribution < -0.4 is 0 Å². The third-order valence-electron chi connectivity index (χ3n) is 1.31. The van der Waals surface area contributed by atoms with Crippen molar-refractivity contribution < 1.29 is 4.55 Å². The summed E-state index contributed by atoms with van der Waals surface area (Å²) in [6.45, 7) is 5.35. The Labute approximate surface area is 76.3 Å². The van der Waals surface area contributed by atoms with Gasteiger partial charge in [-0.05, 0) is 24.5 Å². The van der Waals surface area contributed by atoms with Gasteiger partial charge in [-0.25, -0.2) is 0 Å². The minimum atomic E-state index is -0.935. The lowest BCUT2D eigenvalue weighted by molar-refractivity contribution is 0.604. The fourth-order valence-electron chi connectivity index (χ4n) is 0.747. The Bertz CT molecular complexity index is 159. The average Bonchev–Trinajstić information content (AvgIpc) is 1.87. The minimum Gasteiger partial charge on any atom is -0.612 e. The Morgan fingerprint density at radius 1 is 1.73 bits per heavy atom. The van der Waals surface area contributed by atoms with E-state index in [4.69, 9.17) is 11.6 Å². The Balaban J connectivity index is 4.13. The molecule has 0 rings (SSSR count). The van der Waals surface area contributed by atoms with Gasteiger partial charge in [0.2, 0.25) is 0 Å². The quantitative estimate of drug-likeness (QED) is 0.496. The number of allylic oxidation sites excluding steroid dienone is 3. The highest BCUT2D eigenvalue weighted by molar-refractivity contribution is 7.94. The first-order valence-electron chi connectivity index (χ1n) is 3.39. The molecule has 11 heavy (non-hydrogen) atoms. The summed E-state index contributed by atoms with van der Waals surface area (Å²) in [5, 5.41) is 0.646. The zero-order chi connectivity index (χ0) is 8.85. The molecule has 0 heterocycles. The fraction of sp³-hybridized carbons (Fsp3) is 0.500. The van der Waals surface area contributed by atoms with Crippen LogP contribution in [0.3, 0.4) is 0 Å². The molecule has 0 N–H and O–H groups in total. The summed E-state index contributed by atoms with van der Waals surface area (Å²) in [4.78, 5) is 0.826. The molecule has 0 amide bonds. The maximum absolute atomic E-state index is 11.0. The van der Waals surface area contributed by atoms with Crippen LogP contribution >= 0.6 is 11.6 Å². The van der Waals surface area contributed by atoms with Crippen molar-refractivity contribution in [2.45, 2.75) is 19.8 Å². The Kier molecular flexibility index (Phi) is 5.74. The van der Waals surface area contributed by atoms with Gasteiger partial charge in [0, 0.05) is 6.42 Å². The molecule has 0 aliphatic carbocycles. The first-order valence-corrected chi connectivity index (χ1v) is 5.32. The lowest BCUT2D eigenvalue weighted by atomic mass is 10.3. The van der Waals surface area contributed by atoms with Gasteiger partial charge in [0.25, 0.3) is 0 Å². The van der Waals surface area contributed by atoms with Gasteiger partial charge in [-0.15, -0.1) is 6.58 Å². The van der Waals surface area contributed by atoms with Crippen LogP contribution in [0.1, 0.15) is 19.8 Å². The summed E-state index contributed by atoms with van der Waals surface area (Å²) in [6, 6.07) is 0. The van der Waals surface area contributed by atoms with E-state index in [1.165, 1.54) is 0 Å². The largest absolute Gasteiger partial charge is 0.612 e. The summed E-state index contributed by atoms with van der Waals surface area (Å²) < 4.78 is 11.0. The van der Waals surface area contributed by atoms with E-state index >= 15 is 0 Å². The van der Waals surface area contributed by atoms with Gasteiger partial charge in [0.05, 0.1) is 5.03 Å². The minimum absolute atomic E-state index is 0.646. The molecular weight excluding hydrogens is 180 g/mol. The van der Waals surface area contributed by atoms with Crippen molar-refractivity contribution in [1.82, 2.24) is 0 Å². The van der Waals surface area contributed by atoms with E-state index in [1.807, 2.05) is 0 Å². The Morgan fingerprint density at radius 2 is 2.27 bits per heavy atom. The lowest BCUT2D eigenvalue weighted by Gasteiger charge is -2.08. The van der Waals surface area contributed by atoms with E-state index in [2.05, 4.69) is 6.58 Å². The summed E-state index contributed by atoms with van der Waals surface area (Å²) in [5.41, 5.74) is 0. The van der Waals surface area contributed by atoms with E-state index < -0.39 is 11.2 Å². The van der Waals surface area contributed by atoms with Crippen molar-refractivity contribution in [2.24, 2.45) is 0 Å². The molecule has 0 aromatic rings. The third-order valence-corrected chi connectivity index (χ3v) is 2.85. The zero-order valence-electron chi connectivity index (χ0n) is 6.89. The van der Waals surface area contributed by atoms with Gasteiger partial charge < -0.3 is 4.55 Å². The topological polar surface area (TPSA) is 23.1 Å². The zero-order valence-corrected chi connectivity index (χ0v) is 8.47. The molecule has 0 saturated heterocycles. The van der Waals surface area contributed by atoms with Crippen LogP contribution in [0.2, 0.25) is 0 Å². The van der Waals surface area contributed by atoms with Crippen LogP contribution in [-0.4, -0.2) is 10.8 Å². The second-order valence-corrected chi connectivity index (χ2v) is 4.21. The Hall–Kier alpha value is 0.0800. The monoisotopic (exact) mass is 192 g/mol. The average molecular weight is 193 g/mol. The van der Waals surface area contributed by atoms with Crippen molar-refractivity contribution in [3.8, 4) is 0 Å². The highest BCUT2D eigenvalue weighted by Crippen LogP contribution is 2.19. The van der Waals surface area contributed by atoms with Crippen LogP contribution in [0.25, 0.3) is 0 Å². The molecule has 0 fully saturated rings. The van der Waals surface area contributed by atoms with Crippen LogP contribution in [0.5, 0.6) is 0 Å². The molecule has 3 heteroatoms. The summed E-state index contributed by atoms with van der Waals surface area (Å²) >= 11 is 4.79. The standard InChI is InChI=1S/C8H13ClOS/c1-4-5-6-8(7(2)9)11(3)10/h4H,1,5-6H2,2-3H3/b8-7-. The Morgan fingerprint density at radius 3 is 2.55 bits per heavy atom. The van der Waals surface area contributed by atoms with E-state index in [0.717, 1.165) is 17.7 Å². The van der Waals surface area contributed by atoms with Gasteiger partial charge in [0.1, 0.15) is 11.2 Å². The van der Waals surface area contributed by atoms with E-state index in [-0.39, 0.29) is 0 Å². The molecule has 0 saturated carbocycles. The molecule has 0 radical (unpaired) electrons. The molecule has 0 aliphatic rings. The SMILES string of the molecule is C=CCC/C(=C(\C)Cl)[S+](C)[O-]. The first-order chi connectivity index (χ1) is 5.09. The molecule has 1 nitrogen and oxygen atoms in total. The van der Waals surface area contributed by atoms with Gasteiger partial charge in [0.15, 0.2) is 0 Å². The van der Waals surface area contributed by atoms with Crippen LogP contribution in [0, 0.1) is 0 Å². The molecule has 64 valence electrons. The fourth-order valence-corrected chi connectivity index (χ4v) is 1.97. The highest BCUT2D eigenvalue weighted by atomic mass is 35.5.